The summed E-state index contributed by atoms with van der Waals surface area (Å²) in [6, 6.07) is 9.54. The van der Waals surface area contributed by atoms with Crippen molar-refractivity contribution in [2.24, 2.45) is 0 Å². The van der Waals surface area contributed by atoms with Crippen molar-refractivity contribution in [3.63, 3.8) is 0 Å². The summed E-state index contributed by atoms with van der Waals surface area (Å²) in [7, 11) is 1.36. The normalized spacial score (nSPS) is 13.0. The monoisotopic (exact) mass is 389 g/mol. The fourth-order valence-corrected chi connectivity index (χ4v) is 2.66. The predicted molar refractivity (Wildman–Crippen MR) is 96.6 cm³/mol. The van der Waals surface area contributed by atoms with Crippen LogP contribution in [0, 0.1) is 5.82 Å². The van der Waals surface area contributed by atoms with E-state index in [9.17, 15) is 14.0 Å². The number of hydrogen-bond acceptors (Lipinski definition) is 6. The van der Waals surface area contributed by atoms with Gasteiger partial charge >= 0.3 is 5.97 Å². The lowest BCUT2D eigenvalue weighted by molar-refractivity contribution is -0.154. The Morgan fingerprint density at radius 1 is 1.14 bits per heavy atom. The van der Waals surface area contributed by atoms with Gasteiger partial charge in [0.2, 0.25) is 6.79 Å². The van der Waals surface area contributed by atoms with Crippen LogP contribution in [0.4, 0.5) is 4.39 Å². The molecule has 0 unspecified atom stereocenters. The molecule has 1 N–H and O–H groups in total. The van der Waals surface area contributed by atoms with Crippen LogP contribution in [0.1, 0.15) is 18.1 Å². The van der Waals surface area contributed by atoms with E-state index in [1.54, 1.807) is 18.2 Å². The Balaban J connectivity index is 1.48. The molecule has 1 heterocycles. The zero-order chi connectivity index (χ0) is 20.1. The van der Waals surface area contributed by atoms with Crippen LogP contribution >= 0.6 is 0 Å². The molecule has 28 heavy (non-hydrogen) atoms. The minimum absolute atomic E-state index is 0.0911. The number of nitrogens with one attached hydrogen (secondary N) is 1. The van der Waals surface area contributed by atoms with E-state index in [1.165, 1.54) is 26.2 Å². The van der Waals surface area contributed by atoms with E-state index in [0.29, 0.717) is 17.1 Å². The summed E-state index contributed by atoms with van der Waals surface area (Å²) in [5.41, 5.74) is 1.25. The lowest BCUT2D eigenvalue weighted by atomic mass is 10.1. The Hall–Kier alpha value is -3.29. The Kier molecular flexibility index (Phi) is 5.98. The molecule has 1 amide bonds. The molecule has 7 nitrogen and oxygen atoms in total. The van der Waals surface area contributed by atoms with Crippen molar-refractivity contribution in [1.82, 2.24) is 5.32 Å². The van der Waals surface area contributed by atoms with E-state index in [1.807, 2.05) is 6.07 Å². The van der Waals surface area contributed by atoms with Crippen LogP contribution in [0.5, 0.6) is 17.2 Å². The summed E-state index contributed by atoms with van der Waals surface area (Å²) < 4.78 is 34.2. The standard InChI is InChI=1S/C20H20FNO6/c1-12(28-19(23)9-13-3-5-16(25-2)15(21)7-13)20(24)22-10-14-4-6-17-18(8-14)27-11-26-17/h3-8,12H,9-11H2,1-2H3,(H,22,24)/t12-/m0/s1. The molecule has 0 radical (unpaired) electrons. The van der Waals surface area contributed by atoms with Gasteiger partial charge in [0.05, 0.1) is 13.5 Å². The highest BCUT2D eigenvalue weighted by molar-refractivity contribution is 5.83. The number of benzene rings is 2. The molecule has 0 bridgehead atoms. The first-order valence-electron chi connectivity index (χ1n) is 8.64. The Labute approximate surface area is 161 Å². The second kappa shape index (κ2) is 8.60. The van der Waals surface area contributed by atoms with E-state index in [-0.39, 0.29) is 25.5 Å². The number of esters is 1. The van der Waals surface area contributed by atoms with Crippen LogP contribution in [0.3, 0.4) is 0 Å². The summed E-state index contributed by atoms with van der Waals surface area (Å²) in [5, 5.41) is 2.69. The smallest absolute Gasteiger partial charge is 0.311 e. The molecule has 0 saturated heterocycles. The van der Waals surface area contributed by atoms with Gasteiger partial charge in [-0.05, 0) is 42.3 Å². The third-order valence-electron chi connectivity index (χ3n) is 4.15. The molecule has 0 saturated carbocycles. The maximum atomic E-state index is 13.7. The third-order valence-corrected chi connectivity index (χ3v) is 4.15. The van der Waals surface area contributed by atoms with E-state index >= 15 is 0 Å². The van der Waals surface area contributed by atoms with Crippen LogP contribution in [0.15, 0.2) is 36.4 Å². The topological polar surface area (TPSA) is 83.1 Å². The first kappa shape index (κ1) is 19.5. The molecule has 2 aromatic carbocycles. The molecule has 0 spiro atoms. The van der Waals surface area contributed by atoms with Gasteiger partial charge in [-0.1, -0.05) is 12.1 Å². The minimum atomic E-state index is -0.982. The molecular formula is C20H20FNO6. The van der Waals surface area contributed by atoms with E-state index in [2.05, 4.69) is 5.32 Å². The average molecular weight is 389 g/mol. The maximum Gasteiger partial charge on any atom is 0.311 e. The maximum absolute atomic E-state index is 13.7. The number of rotatable bonds is 7. The first-order chi connectivity index (χ1) is 13.5. The highest BCUT2D eigenvalue weighted by Crippen LogP contribution is 2.32. The fraction of sp³-hybridized carbons (Fsp3) is 0.300. The lowest BCUT2D eigenvalue weighted by Crippen LogP contribution is -2.35. The van der Waals surface area contributed by atoms with Crippen LogP contribution in [-0.2, 0) is 27.3 Å². The van der Waals surface area contributed by atoms with Crippen molar-refractivity contribution >= 4 is 11.9 Å². The molecule has 148 valence electrons. The summed E-state index contributed by atoms with van der Waals surface area (Å²) in [5.74, 6) is -0.261. The van der Waals surface area contributed by atoms with Crippen LogP contribution in [0.2, 0.25) is 0 Å². The van der Waals surface area contributed by atoms with Crippen molar-refractivity contribution in [3.05, 3.63) is 53.3 Å². The molecule has 2 aromatic rings. The van der Waals surface area contributed by atoms with Crippen LogP contribution < -0.4 is 19.5 Å². The van der Waals surface area contributed by atoms with Crippen molar-refractivity contribution in [2.45, 2.75) is 26.0 Å². The second-order valence-corrected chi connectivity index (χ2v) is 6.18. The van der Waals surface area contributed by atoms with Gasteiger partial charge in [-0.15, -0.1) is 0 Å². The number of fused-ring (bicyclic) bond motifs is 1. The molecule has 0 fully saturated rings. The van der Waals surface area contributed by atoms with E-state index in [4.69, 9.17) is 18.9 Å². The zero-order valence-electron chi connectivity index (χ0n) is 15.5. The Bertz CT molecular complexity index is 885. The summed E-state index contributed by atoms with van der Waals surface area (Å²) >= 11 is 0. The quantitative estimate of drug-likeness (QED) is 0.732. The molecule has 3 rings (SSSR count). The SMILES string of the molecule is COc1ccc(CC(=O)O[C@@H](C)C(=O)NCc2ccc3c(c2)OCO3)cc1F. The third kappa shape index (κ3) is 4.70. The first-order valence-corrected chi connectivity index (χ1v) is 8.64. The van der Waals surface area contributed by atoms with Gasteiger partial charge in [0.15, 0.2) is 29.2 Å². The second-order valence-electron chi connectivity index (χ2n) is 6.18. The van der Waals surface area contributed by atoms with Gasteiger partial charge in [-0.3, -0.25) is 9.59 Å². The van der Waals surface area contributed by atoms with Crippen molar-refractivity contribution < 1.29 is 32.9 Å². The zero-order valence-corrected chi connectivity index (χ0v) is 15.5. The Morgan fingerprint density at radius 3 is 2.64 bits per heavy atom. The van der Waals surface area contributed by atoms with Gasteiger partial charge in [-0.2, -0.15) is 0 Å². The van der Waals surface area contributed by atoms with Crippen molar-refractivity contribution in [1.29, 1.82) is 0 Å². The molecule has 0 aromatic heterocycles. The van der Waals surface area contributed by atoms with Gasteiger partial charge in [-0.25, -0.2) is 4.39 Å². The molecular weight excluding hydrogens is 369 g/mol. The molecule has 8 heteroatoms. The average Bonchev–Trinajstić information content (AvgIpc) is 3.14. The van der Waals surface area contributed by atoms with Crippen LogP contribution in [-0.4, -0.2) is 31.9 Å². The number of methoxy groups -OCH3 is 1. The van der Waals surface area contributed by atoms with E-state index in [0.717, 1.165) is 5.56 Å². The highest BCUT2D eigenvalue weighted by atomic mass is 19.1. The predicted octanol–water partition coefficient (Wildman–Crippen LogP) is 2.35. The molecule has 1 aliphatic rings. The minimum Gasteiger partial charge on any atom is -0.494 e. The van der Waals surface area contributed by atoms with Gasteiger partial charge < -0.3 is 24.3 Å². The van der Waals surface area contributed by atoms with Gasteiger partial charge in [0, 0.05) is 6.54 Å². The summed E-state index contributed by atoms with van der Waals surface area (Å²) in [6.07, 6.45) is -1.13. The number of halogens is 1. The highest BCUT2D eigenvalue weighted by Gasteiger charge is 2.19. The van der Waals surface area contributed by atoms with Crippen molar-refractivity contribution in [3.8, 4) is 17.2 Å². The lowest BCUT2D eigenvalue weighted by Gasteiger charge is -2.14. The molecule has 0 aliphatic carbocycles. The van der Waals surface area contributed by atoms with Crippen molar-refractivity contribution in [2.75, 3.05) is 13.9 Å². The number of carbonyl (C=O) groups excluding carboxylic acids is 2. The van der Waals surface area contributed by atoms with E-state index < -0.39 is 23.8 Å². The largest absolute Gasteiger partial charge is 0.494 e. The number of carbonyl (C=O) groups is 2. The number of ether oxygens (including phenoxy) is 4. The number of hydrogen-bond donors (Lipinski definition) is 1. The summed E-state index contributed by atoms with van der Waals surface area (Å²) in [6.45, 7) is 1.90. The molecule has 1 atom stereocenters. The summed E-state index contributed by atoms with van der Waals surface area (Å²) in [4.78, 5) is 24.2. The van der Waals surface area contributed by atoms with Gasteiger partial charge in [0.25, 0.3) is 5.91 Å². The number of amides is 1. The Morgan fingerprint density at radius 2 is 1.89 bits per heavy atom. The molecule has 1 aliphatic heterocycles. The van der Waals surface area contributed by atoms with Crippen LogP contribution in [0.25, 0.3) is 0 Å². The van der Waals surface area contributed by atoms with Gasteiger partial charge in [0.1, 0.15) is 0 Å². The fourth-order valence-electron chi connectivity index (χ4n) is 2.66.